The molecule has 1 fully saturated rings. The quantitative estimate of drug-likeness (QED) is 0.767. The summed E-state index contributed by atoms with van der Waals surface area (Å²) in [7, 11) is -2.13. The number of carbonyl (C=O) groups excluding carboxylic acids is 1. The maximum Gasteiger partial charge on any atom is 0.410 e. The van der Waals surface area contributed by atoms with Crippen LogP contribution in [0.1, 0.15) is 26.5 Å². The van der Waals surface area contributed by atoms with E-state index in [-0.39, 0.29) is 22.7 Å². The summed E-state index contributed by atoms with van der Waals surface area (Å²) in [5, 5.41) is 4.12. The largest absolute Gasteiger partial charge is 0.444 e. The average molecular weight is 422 g/mol. The molecular weight excluding hydrogens is 394 g/mol. The number of nitrogens with one attached hydrogen (secondary N) is 1. The van der Waals surface area contributed by atoms with Gasteiger partial charge in [-0.3, -0.25) is 9.58 Å². The van der Waals surface area contributed by atoms with E-state index >= 15 is 0 Å². The number of sulfonamides is 1. The van der Waals surface area contributed by atoms with Crippen molar-refractivity contribution in [1.29, 1.82) is 0 Å². The minimum Gasteiger partial charge on any atom is -0.444 e. The second-order valence-corrected chi connectivity index (χ2v) is 9.60. The lowest BCUT2D eigenvalue weighted by Gasteiger charge is -2.35. The van der Waals surface area contributed by atoms with E-state index in [1.54, 1.807) is 18.9 Å². The Kier molecular flexibility index (Phi) is 6.77. The molecule has 0 radical (unpaired) electrons. The van der Waals surface area contributed by atoms with Crippen LogP contribution in [0.25, 0.3) is 0 Å². The van der Waals surface area contributed by atoms with Gasteiger partial charge in [-0.2, -0.15) is 5.10 Å². The highest BCUT2D eigenvalue weighted by Crippen LogP contribution is 2.23. The molecule has 11 heteroatoms. The molecule has 1 aromatic heterocycles. The van der Waals surface area contributed by atoms with E-state index in [1.165, 1.54) is 4.68 Å². The zero-order valence-electron chi connectivity index (χ0n) is 16.5. The van der Waals surface area contributed by atoms with Crippen LogP contribution < -0.4 is 4.72 Å². The van der Waals surface area contributed by atoms with Crippen molar-refractivity contribution in [3.63, 3.8) is 0 Å². The van der Waals surface area contributed by atoms with E-state index in [4.69, 9.17) is 16.3 Å². The van der Waals surface area contributed by atoms with Crippen LogP contribution in [0.5, 0.6) is 0 Å². The topological polar surface area (TPSA) is 96.8 Å². The number of aryl methyl sites for hydroxylation is 2. The van der Waals surface area contributed by atoms with Gasteiger partial charge in [-0.1, -0.05) is 11.6 Å². The Labute approximate surface area is 165 Å². The highest BCUT2D eigenvalue weighted by Gasteiger charge is 2.27. The number of amides is 1. The van der Waals surface area contributed by atoms with E-state index < -0.39 is 15.6 Å². The van der Waals surface area contributed by atoms with E-state index in [0.29, 0.717) is 38.4 Å². The maximum atomic E-state index is 12.5. The lowest BCUT2D eigenvalue weighted by atomic mass is 10.2. The second kappa shape index (κ2) is 8.34. The molecule has 1 aliphatic heterocycles. The zero-order valence-corrected chi connectivity index (χ0v) is 18.0. The molecule has 1 saturated heterocycles. The first kappa shape index (κ1) is 21.9. The third-order valence-corrected chi connectivity index (χ3v) is 6.27. The van der Waals surface area contributed by atoms with Gasteiger partial charge in [0.2, 0.25) is 10.0 Å². The third-order valence-electron chi connectivity index (χ3n) is 4.11. The summed E-state index contributed by atoms with van der Waals surface area (Å²) in [6.45, 7) is 10.3. The molecule has 0 saturated carbocycles. The molecule has 27 heavy (non-hydrogen) atoms. The number of piperazine rings is 1. The number of aromatic nitrogens is 2. The summed E-state index contributed by atoms with van der Waals surface area (Å²) < 4.78 is 34.2. The Bertz CT molecular complexity index is 779. The van der Waals surface area contributed by atoms with E-state index in [1.807, 2.05) is 20.8 Å². The van der Waals surface area contributed by atoms with Crippen molar-refractivity contribution >= 4 is 27.7 Å². The molecule has 154 valence electrons. The minimum atomic E-state index is -3.72. The number of nitrogens with zero attached hydrogens (tertiary/aromatic N) is 4. The predicted octanol–water partition coefficient (Wildman–Crippen LogP) is 1.21. The second-order valence-electron chi connectivity index (χ2n) is 7.54. The Morgan fingerprint density at radius 1 is 1.26 bits per heavy atom. The lowest BCUT2D eigenvalue weighted by Crippen LogP contribution is -2.51. The Balaban J connectivity index is 1.81. The smallest absolute Gasteiger partial charge is 0.410 e. The zero-order chi connectivity index (χ0) is 20.4. The maximum absolute atomic E-state index is 12.5. The van der Waals surface area contributed by atoms with Crippen LogP contribution in [0, 0.1) is 6.92 Å². The lowest BCUT2D eigenvalue weighted by molar-refractivity contribution is 0.0147. The molecule has 0 atom stereocenters. The molecule has 1 aliphatic rings. The molecule has 1 N–H and O–H groups in total. The highest BCUT2D eigenvalue weighted by atomic mass is 35.5. The van der Waals surface area contributed by atoms with Gasteiger partial charge in [0.25, 0.3) is 0 Å². The van der Waals surface area contributed by atoms with Crippen LogP contribution in [-0.2, 0) is 21.8 Å². The first-order chi connectivity index (χ1) is 12.4. The van der Waals surface area contributed by atoms with Crippen molar-refractivity contribution < 1.29 is 17.9 Å². The van der Waals surface area contributed by atoms with E-state index in [2.05, 4.69) is 14.7 Å². The fraction of sp³-hybridized carbons (Fsp3) is 0.750. The Morgan fingerprint density at radius 3 is 2.33 bits per heavy atom. The number of hydrogen-bond acceptors (Lipinski definition) is 6. The summed E-state index contributed by atoms with van der Waals surface area (Å²) in [6, 6.07) is 0. The standard InChI is InChI=1S/C16H28ClN5O4S/c1-12-13(14(17)20(5)19-12)27(24,25)18-6-7-21-8-10-22(11-9-21)15(23)26-16(2,3)4/h18H,6-11H2,1-5H3. The summed E-state index contributed by atoms with van der Waals surface area (Å²) in [5.41, 5.74) is -0.154. The third kappa shape index (κ3) is 5.81. The SMILES string of the molecule is Cc1nn(C)c(Cl)c1S(=O)(=O)NCCN1CCN(C(=O)OC(C)(C)C)CC1. The molecule has 9 nitrogen and oxygen atoms in total. The molecule has 0 spiro atoms. The molecule has 1 aromatic rings. The number of ether oxygens (including phenoxy) is 1. The molecule has 0 aromatic carbocycles. The van der Waals surface area contributed by atoms with Crippen molar-refractivity contribution in [2.45, 2.75) is 38.2 Å². The van der Waals surface area contributed by atoms with Crippen molar-refractivity contribution in [1.82, 2.24) is 24.3 Å². The fourth-order valence-corrected chi connectivity index (χ4v) is 4.57. The van der Waals surface area contributed by atoms with Gasteiger partial charge in [0.15, 0.2) is 0 Å². The van der Waals surface area contributed by atoms with Gasteiger partial charge >= 0.3 is 6.09 Å². The summed E-state index contributed by atoms with van der Waals surface area (Å²) in [6.07, 6.45) is -0.315. The van der Waals surface area contributed by atoms with Crippen LogP contribution in [0.4, 0.5) is 4.79 Å². The number of halogens is 1. The number of rotatable bonds is 5. The summed E-state index contributed by atoms with van der Waals surface area (Å²) in [5.74, 6) is 0. The number of carbonyl (C=O) groups is 1. The molecule has 2 rings (SSSR count). The highest BCUT2D eigenvalue weighted by molar-refractivity contribution is 7.89. The van der Waals surface area contributed by atoms with Gasteiger partial charge < -0.3 is 9.64 Å². The fourth-order valence-electron chi connectivity index (χ4n) is 2.81. The van der Waals surface area contributed by atoms with Crippen molar-refractivity contribution in [2.24, 2.45) is 7.05 Å². The van der Waals surface area contributed by atoms with Crippen molar-refractivity contribution in [2.75, 3.05) is 39.3 Å². The van der Waals surface area contributed by atoms with Gasteiger partial charge in [-0.15, -0.1) is 0 Å². The molecule has 0 aliphatic carbocycles. The van der Waals surface area contributed by atoms with Gasteiger partial charge in [-0.05, 0) is 27.7 Å². The van der Waals surface area contributed by atoms with Gasteiger partial charge in [-0.25, -0.2) is 17.9 Å². The van der Waals surface area contributed by atoms with E-state index in [0.717, 1.165) is 0 Å². The molecule has 0 bridgehead atoms. The molecule has 1 amide bonds. The molecular formula is C16H28ClN5O4S. The Morgan fingerprint density at radius 2 is 1.85 bits per heavy atom. The Hall–Kier alpha value is -1.36. The first-order valence-electron chi connectivity index (χ1n) is 8.80. The van der Waals surface area contributed by atoms with Crippen LogP contribution in [0.3, 0.4) is 0 Å². The van der Waals surface area contributed by atoms with Crippen LogP contribution in [-0.4, -0.2) is 79.0 Å². The van der Waals surface area contributed by atoms with Crippen molar-refractivity contribution in [3.05, 3.63) is 10.8 Å². The van der Waals surface area contributed by atoms with Crippen LogP contribution >= 0.6 is 11.6 Å². The summed E-state index contributed by atoms with van der Waals surface area (Å²) >= 11 is 6.04. The van der Waals surface area contributed by atoms with Crippen LogP contribution in [0.2, 0.25) is 5.15 Å². The number of hydrogen-bond donors (Lipinski definition) is 1. The molecule has 0 unspecified atom stereocenters. The normalized spacial score (nSPS) is 16.6. The van der Waals surface area contributed by atoms with Crippen LogP contribution in [0.15, 0.2) is 4.90 Å². The van der Waals surface area contributed by atoms with E-state index in [9.17, 15) is 13.2 Å². The predicted molar refractivity (Wildman–Crippen MR) is 102 cm³/mol. The first-order valence-corrected chi connectivity index (χ1v) is 10.7. The van der Waals surface area contributed by atoms with Crippen molar-refractivity contribution in [3.8, 4) is 0 Å². The average Bonchev–Trinajstić information content (AvgIpc) is 2.79. The molecule has 2 heterocycles. The van der Waals surface area contributed by atoms with Gasteiger partial charge in [0.1, 0.15) is 15.6 Å². The monoisotopic (exact) mass is 421 g/mol. The van der Waals surface area contributed by atoms with Gasteiger partial charge in [0, 0.05) is 46.3 Å². The minimum absolute atomic E-state index is 0.0152. The summed E-state index contributed by atoms with van der Waals surface area (Å²) in [4.78, 5) is 15.8. The van der Waals surface area contributed by atoms with Gasteiger partial charge in [0.05, 0.1) is 5.69 Å².